The van der Waals surface area contributed by atoms with Crippen LogP contribution in [0, 0.1) is 15.4 Å². The lowest BCUT2D eigenvalue weighted by Gasteiger charge is -1.97. The Labute approximate surface area is 94.9 Å². The van der Waals surface area contributed by atoms with Crippen LogP contribution < -0.4 is 5.32 Å². The van der Waals surface area contributed by atoms with E-state index in [1.807, 2.05) is 11.4 Å². The molecule has 0 aliphatic heterocycles. The van der Waals surface area contributed by atoms with Gasteiger partial charge in [0.2, 0.25) is 0 Å². The van der Waals surface area contributed by atoms with Crippen molar-refractivity contribution in [3.63, 3.8) is 0 Å². The zero-order valence-electron chi connectivity index (χ0n) is 7.06. The normalized spacial score (nSPS) is 8.77. The second-order valence-electron chi connectivity index (χ2n) is 2.21. The molecular weight excluding hydrogens is 297 g/mol. The minimum atomic E-state index is -0.0397. The van der Waals surface area contributed by atoms with Crippen molar-refractivity contribution in [2.45, 2.75) is 6.92 Å². The Bertz CT molecular complexity index is 361. The summed E-state index contributed by atoms with van der Waals surface area (Å²) in [6.45, 7) is 2.17. The fourth-order valence-electron chi connectivity index (χ4n) is 0.749. The summed E-state index contributed by atoms with van der Waals surface area (Å²) in [4.78, 5) is 12.2. The van der Waals surface area contributed by atoms with Gasteiger partial charge in [-0.25, -0.2) is 0 Å². The van der Waals surface area contributed by atoms with Gasteiger partial charge in [0, 0.05) is 3.57 Å². The van der Waals surface area contributed by atoms with E-state index in [-0.39, 0.29) is 5.91 Å². The Morgan fingerprint density at radius 3 is 3.08 bits per heavy atom. The predicted molar refractivity (Wildman–Crippen MR) is 62.8 cm³/mol. The lowest BCUT2D eigenvalue weighted by Crippen LogP contribution is -2.23. The van der Waals surface area contributed by atoms with Crippen molar-refractivity contribution in [2.24, 2.45) is 0 Å². The summed E-state index contributed by atoms with van der Waals surface area (Å²) in [5.74, 6) is 5.46. The molecule has 0 aromatic carbocycles. The Morgan fingerprint density at radius 2 is 2.54 bits per heavy atom. The number of thiophene rings is 1. The first-order valence-electron chi connectivity index (χ1n) is 3.66. The van der Waals surface area contributed by atoms with Crippen molar-refractivity contribution in [2.75, 3.05) is 6.54 Å². The highest BCUT2D eigenvalue weighted by Crippen LogP contribution is 2.17. The van der Waals surface area contributed by atoms with Crippen molar-refractivity contribution >= 4 is 39.8 Å². The van der Waals surface area contributed by atoms with Gasteiger partial charge in [0.1, 0.15) is 4.88 Å². The van der Waals surface area contributed by atoms with Gasteiger partial charge < -0.3 is 5.32 Å². The zero-order chi connectivity index (χ0) is 9.68. The standard InChI is InChI=1S/C9H8INOS/c1-2-3-5-11-9(12)8-7(10)4-6-13-8/h4,6H,5H2,1H3,(H,11,12). The smallest absolute Gasteiger partial charge is 0.263 e. The third kappa shape index (κ3) is 3.01. The van der Waals surface area contributed by atoms with E-state index in [0.29, 0.717) is 6.54 Å². The van der Waals surface area contributed by atoms with E-state index >= 15 is 0 Å². The molecular formula is C9H8INOS. The van der Waals surface area contributed by atoms with Crippen LogP contribution in [0.5, 0.6) is 0 Å². The summed E-state index contributed by atoms with van der Waals surface area (Å²) in [6, 6.07) is 1.92. The van der Waals surface area contributed by atoms with E-state index in [0.717, 1.165) is 8.45 Å². The molecule has 2 nitrogen and oxygen atoms in total. The molecule has 0 saturated carbocycles. The van der Waals surface area contributed by atoms with Crippen molar-refractivity contribution in [1.82, 2.24) is 5.32 Å². The summed E-state index contributed by atoms with van der Waals surface area (Å²) < 4.78 is 0.990. The molecule has 0 fully saturated rings. The van der Waals surface area contributed by atoms with E-state index < -0.39 is 0 Å². The van der Waals surface area contributed by atoms with Crippen LogP contribution in [0.25, 0.3) is 0 Å². The monoisotopic (exact) mass is 305 g/mol. The number of carbonyl (C=O) groups excluding carboxylic acids is 1. The molecule has 0 atom stereocenters. The van der Waals surface area contributed by atoms with E-state index in [2.05, 4.69) is 39.7 Å². The van der Waals surface area contributed by atoms with Crippen LogP contribution >= 0.6 is 33.9 Å². The minimum Gasteiger partial charge on any atom is -0.340 e. The number of carbonyl (C=O) groups is 1. The number of halogens is 1. The van der Waals surface area contributed by atoms with Crippen LogP contribution in [0.15, 0.2) is 11.4 Å². The van der Waals surface area contributed by atoms with Crippen LogP contribution in [0.4, 0.5) is 0 Å². The molecule has 13 heavy (non-hydrogen) atoms. The van der Waals surface area contributed by atoms with Crippen LogP contribution in [0.2, 0.25) is 0 Å². The van der Waals surface area contributed by atoms with Gasteiger partial charge in [0.15, 0.2) is 0 Å². The molecule has 0 unspecified atom stereocenters. The quantitative estimate of drug-likeness (QED) is 0.658. The van der Waals surface area contributed by atoms with E-state index in [9.17, 15) is 4.79 Å². The average molecular weight is 305 g/mol. The molecule has 0 aliphatic rings. The molecule has 1 amide bonds. The minimum absolute atomic E-state index is 0.0397. The second-order valence-corrected chi connectivity index (χ2v) is 4.29. The van der Waals surface area contributed by atoms with Crippen molar-refractivity contribution in [1.29, 1.82) is 0 Å². The van der Waals surface area contributed by atoms with E-state index in [1.165, 1.54) is 11.3 Å². The highest BCUT2D eigenvalue weighted by Gasteiger charge is 2.09. The summed E-state index contributed by atoms with van der Waals surface area (Å²) in [6.07, 6.45) is 0. The van der Waals surface area contributed by atoms with E-state index in [4.69, 9.17) is 0 Å². The Morgan fingerprint density at radius 1 is 1.77 bits per heavy atom. The summed E-state index contributed by atoms with van der Waals surface area (Å²) in [5, 5.41) is 4.62. The second kappa shape index (κ2) is 5.25. The summed E-state index contributed by atoms with van der Waals surface area (Å²) in [7, 11) is 0. The highest BCUT2D eigenvalue weighted by molar-refractivity contribution is 14.1. The third-order valence-electron chi connectivity index (χ3n) is 1.34. The van der Waals surface area contributed by atoms with Crippen LogP contribution in [0.1, 0.15) is 16.6 Å². The lowest BCUT2D eigenvalue weighted by molar-refractivity contribution is 0.0962. The third-order valence-corrected chi connectivity index (χ3v) is 3.52. The van der Waals surface area contributed by atoms with Gasteiger partial charge in [-0.1, -0.05) is 5.92 Å². The van der Waals surface area contributed by atoms with Gasteiger partial charge in [-0.05, 0) is 41.0 Å². The fourth-order valence-corrected chi connectivity index (χ4v) is 2.50. The maximum absolute atomic E-state index is 11.4. The molecule has 1 aromatic heterocycles. The van der Waals surface area contributed by atoms with Gasteiger partial charge in [-0.2, -0.15) is 0 Å². The molecule has 1 N–H and O–H groups in total. The first kappa shape index (κ1) is 10.5. The maximum atomic E-state index is 11.4. The lowest BCUT2D eigenvalue weighted by atomic mass is 10.4. The van der Waals surface area contributed by atoms with Gasteiger partial charge in [0.25, 0.3) is 5.91 Å². The van der Waals surface area contributed by atoms with Crippen molar-refractivity contribution < 1.29 is 4.79 Å². The van der Waals surface area contributed by atoms with Crippen molar-refractivity contribution in [3.8, 4) is 11.8 Å². The number of hydrogen-bond acceptors (Lipinski definition) is 2. The van der Waals surface area contributed by atoms with Gasteiger partial charge in [-0.3, -0.25) is 4.79 Å². The first-order chi connectivity index (χ1) is 6.25. The number of amides is 1. The molecule has 1 rings (SSSR count). The molecule has 0 bridgehead atoms. The molecule has 0 aliphatic carbocycles. The summed E-state index contributed by atoms with van der Waals surface area (Å²) >= 11 is 3.59. The van der Waals surface area contributed by atoms with Gasteiger partial charge in [0.05, 0.1) is 6.54 Å². The Balaban J connectivity index is 2.57. The average Bonchev–Trinajstić information content (AvgIpc) is 2.52. The summed E-state index contributed by atoms with van der Waals surface area (Å²) in [5.41, 5.74) is 0. The molecule has 1 heterocycles. The van der Waals surface area contributed by atoms with Gasteiger partial charge in [-0.15, -0.1) is 17.3 Å². The number of rotatable bonds is 2. The topological polar surface area (TPSA) is 29.1 Å². The number of hydrogen-bond donors (Lipinski definition) is 1. The molecule has 0 spiro atoms. The van der Waals surface area contributed by atoms with Crippen LogP contribution in [-0.4, -0.2) is 12.5 Å². The van der Waals surface area contributed by atoms with Crippen LogP contribution in [-0.2, 0) is 0 Å². The number of nitrogens with one attached hydrogen (secondary N) is 1. The Kier molecular flexibility index (Phi) is 4.25. The molecule has 4 heteroatoms. The molecule has 0 saturated heterocycles. The largest absolute Gasteiger partial charge is 0.340 e. The highest BCUT2D eigenvalue weighted by atomic mass is 127. The zero-order valence-corrected chi connectivity index (χ0v) is 10.0. The molecule has 68 valence electrons. The van der Waals surface area contributed by atoms with Crippen molar-refractivity contribution in [3.05, 3.63) is 19.9 Å². The molecule has 0 radical (unpaired) electrons. The SMILES string of the molecule is CC#CCNC(=O)c1sccc1I. The van der Waals surface area contributed by atoms with E-state index in [1.54, 1.807) is 6.92 Å². The first-order valence-corrected chi connectivity index (χ1v) is 5.62. The predicted octanol–water partition coefficient (Wildman–Crippen LogP) is 2.11. The van der Waals surface area contributed by atoms with Gasteiger partial charge >= 0.3 is 0 Å². The molecule has 1 aromatic rings. The Hall–Kier alpha value is -0.540. The fraction of sp³-hybridized carbons (Fsp3) is 0.222. The maximum Gasteiger partial charge on any atom is 0.263 e. The van der Waals surface area contributed by atoms with Crippen LogP contribution in [0.3, 0.4) is 0 Å².